The number of aromatic nitrogens is 1. The topological polar surface area (TPSA) is 62.2 Å². The van der Waals surface area contributed by atoms with E-state index in [0.29, 0.717) is 11.1 Å². The lowest BCUT2D eigenvalue weighted by Crippen LogP contribution is -2.33. The van der Waals surface area contributed by atoms with Crippen LogP contribution in [0.25, 0.3) is 0 Å². The predicted octanol–water partition coefficient (Wildman–Crippen LogP) is 1.30. The molecule has 0 bridgehead atoms. The Kier molecular flexibility index (Phi) is 7.01. The van der Waals surface area contributed by atoms with E-state index in [1.54, 1.807) is 24.0 Å². The number of pyridine rings is 1. The molecule has 1 aromatic heterocycles. The van der Waals surface area contributed by atoms with E-state index in [1.807, 2.05) is 13.2 Å². The molecule has 19 heavy (non-hydrogen) atoms. The molecular weight excluding hydrogens is 260 g/mol. The van der Waals surface area contributed by atoms with E-state index in [0.717, 1.165) is 12.2 Å². The van der Waals surface area contributed by atoms with Gasteiger partial charge in [0.2, 0.25) is 0 Å². The normalized spacial score (nSPS) is 11.3. The quantitative estimate of drug-likeness (QED) is 0.797. The first-order chi connectivity index (χ1) is 9.17. The van der Waals surface area contributed by atoms with Crippen LogP contribution in [0.5, 0.6) is 0 Å². The maximum atomic E-state index is 12.0. The smallest absolute Gasteiger partial charge is 0.253 e. The number of aliphatic hydroxyl groups excluding tert-OH is 1. The molecule has 1 unspecified atom stereocenters. The Labute approximate surface area is 118 Å². The number of hydrogen-bond donors (Lipinski definition) is 2. The molecule has 0 spiro atoms. The van der Waals surface area contributed by atoms with E-state index < -0.39 is 0 Å². The van der Waals surface area contributed by atoms with Gasteiger partial charge >= 0.3 is 0 Å². The molecule has 2 N–H and O–H groups in total. The fraction of sp³-hybridized carbons (Fsp3) is 0.429. The van der Waals surface area contributed by atoms with Crippen molar-refractivity contribution < 1.29 is 9.90 Å². The zero-order valence-corrected chi connectivity index (χ0v) is 12.0. The van der Waals surface area contributed by atoms with Crippen LogP contribution in [0.4, 0.5) is 0 Å². The van der Waals surface area contributed by atoms with Crippen molar-refractivity contribution in [2.75, 3.05) is 18.6 Å². The van der Waals surface area contributed by atoms with Crippen LogP contribution in [0.2, 0.25) is 0 Å². The summed E-state index contributed by atoms with van der Waals surface area (Å²) in [5.74, 6) is 6.13. The minimum Gasteiger partial charge on any atom is -0.384 e. The Balaban J connectivity index is 2.66. The second-order valence-electron chi connectivity index (χ2n) is 4.08. The van der Waals surface area contributed by atoms with Crippen LogP contribution in [0.3, 0.4) is 0 Å². The van der Waals surface area contributed by atoms with Gasteiger partial charge in [0.1, 0.15) is 6.61 Å². The summed E-state index contributed by atoms with van der Waals surface area (Å²) in [5, 5.41) is 11.6. The largest absolute Gasteiger partial charge is 0.384 e. The SMILES string of the molecule is CSCCC(C)NC(=O)c1cncc(C#CCO)c1. The molecule has 0 aliphatic carbocycles. The molecule has 0 aromatic carbocycles. The van der Waals surface area contributed by atoms with Crippen LogP contribution >= 0.6 is 11.8 Å². The van der Waals surface area contributed by atoms with Gasteiger partial charge in [0.25, 0.3) is 5.91 Å². The van der Waals surface area contributed by atoms with E-state index in [2.05, 4.69) is 22.1 Å². The van der Waals surface area contributed by atoms with E-state index in [-0.39, 0.29) is 18.6 Å². The molecule has 1 atom stereocenters. The minimum atomic E-state index is -0.206. The predicted molar refractivity (Wildman–Crippen MR) is 78.1 cm³/mol. The summed E-state index contributed by atoms with van der Waals surface area (Å²) >= 11 is 1.76. The van der Waals surface area contributed by atoms with Crippen LogP contribution in [0.15, 0.2) is 18.5 Å². The summed E-state index contributed by atoms with van der Waals surface area (Å²) in [6.45, 7) is 1.78. The van der Waals surface area contributed by atoms with Crippen molar-refractivity contribution in [2.24, 2.45) is 0 Å². The molecule has 102 valence electrons. The first-order valence-corrected chi connectivity index (χ1v) is 7.41. The first kappa shape index (κ1) is 15.5. The molecule has 0 aliphatic rings. The highest BCUT2D eigenvalue weighted by Crippen LogP contribution is 2.04. The van der Waals surface area contributed by atoms with Gasteiger partial charge in [-0.25, -0.2) is 0 Å². The number of nitrogens with one attached hydrogen (secondary N) is 1. The van der Waals surface area contributed by atoms with Gasteiger partial charge in [-0.3, -0.25) is 9.78 Å². The zero-order chi connectivity index (χ0) is 14.1. The third kappa shape index (κ3) is 5.77. The molecule has 1 aromatic rings. The molecule has 1 amide bonds. The third-order valence-corrected chi connectivity index (χ3v) is 3.09. The lowest BCUT2D eigenvalue weighted by atomic mass is 10.2. The van der Waals surface area contributed by atoms with Gasteiger partial charge in [-0.2, -0.15) is 11.8 Å². The molecule has 0 radical (unpaired) electrons. The van der Waals surface area contributed by atoms with Crippen molar-refractivity contribution >= 4 is 17.7 Å². The van der Waals surface area contributed by atoms with E-state index in [1.165, 1.54) is 6.20 Å². The van der Waals surface area contributed by atoms with Crippen molar-refractivity contribution in [1.29, 1.82) is 0 Å². The van der Waals surface area contributed by atoms with Gasteiger partial charge in [0.05, 0.1) is 5.56 Å². The molecule has 5 heteroatoms. The summed E-state index contributed by atoms with van der Waals surface area (Å²) in [6, 6.07) is 1.80. The number of amides is 1. The van der Waals surface area contributed by atoms with Crippen LogP contribution in [-0.4, -0.2) is 40.7 Å². The van der Waals surface area contributed by atoms with Gasteiger partial charge in [-0.1, -0.05) is 11.8 Å². The highest BCUT2D eigenvalue weighted by molar-refractivity contribution is 7.98. The van der Waals surface area contributed by atoms with Crippen molar-refractivity contribution in [2.45, 2.75) is 19.4 Å². The third-order valence-electron chi connectivity index (χ3n) is 2.44. The second-order valence-corrected chi connectivity index (χ2v) is 5.06. The molecule has 1 rings (SSSR count). The fourth-order valence-corrected chi connectivity index (χ4v) is 2.04. The summed E-state index contributed by atoms with van der Waals surface area (Å²) < 4.78 is 0. The lowest BCUT2D eigenvalue weighted by Gasteiger charge is -2.13. The molecule has 1 heterocycles. The summed E-state index contributed by atoms with van der Waals surface area (Å²) in [5.41, 5.74) is 1.11. The molecule has 0 saturated carbocycles. The molecule has 0 saturated heterocycles. The van der Waals surface area contributed by atoms with Crippen LogP contribution in [0, 0.1) is 11.8 Å². The second kappa shape index (κ2) is 8.57. The van der Waals surface area contributed by atoms with Gasteiger partial charge < -0.3 is 10.4 Å². The average molecular weight is 278 g/mol. The van der Waals surface area contributed by atoms with Crippen molar-refractivity contribution in [3.05, 3.63) is 29.6 Å². The Morgan fingerprint density at radius 1 is 1.58 bits per heavy atom. The van der Waals surface area contributed by atoms with Crippen LogP contribution in [0.1, 0.15) is 29.3 Å². The van der Waals surface area contributed by atoms with E-state index in [4.69, 9.17) is 5.11 Å². The number of aliphatic hydroxyl groups is 1. The Morgan fingerprint density at radius 3 is 3.05 bits per heavy atom. The number of hydrogen-bond acceptors (Lipinski definition) is 4. The molecule has 0 fully saturated rings. The summed E-state index contributed by atoms with van der Waals surface area (Å²) in [4.78, 5) is 16.0. The number of carbonyl (C=O) groups excluding carboxylic acids is 1. The molecular formula is C14H18N2O2S. The number of thioether (sulfide) groups is 1. The standard InChI is InChI=1S/C14H18N2O2S/c1-11(5-7-19-2)16-14(18)13-8-12(4-3-6-17)9-15-10-13/h8-11,17H,5-7H2,1-2H3,(H,16,18). The highest BCUT2D eigenvalue weighted by Gasteiger charge is 2.10. The van der Waals surface area contributed by atoms with Gasteiger partial charge in [0.15, 0.2) is 0 Å². The maximum Gasteiger partial charge on any atom is 0.253 e. The maximum absolute atomic E-state index is 12.0. The Hall–Kier alpha value is -1.51. The Morgan fingerprint density at radius 2 is 2.37 bits per heavy atom. The minimum absolute atomic E-state index is 0.132. The average Bonchev–Trinajstić information content (AvgIpc) is 2.43. The molecule has 0 aliphatic heterocycles. The fourth-order valence-electron chi connectivity index (χ4n) is 1.45. The van der Waals surface area contributed by atoms with Crippen LogP contribution < -0.4 is 5.32 Å². The van der Waals surface area contributed by atoms with Gasteiger partial charge in [-0.15, -0.1) is 0 Å². The van der Waals surface area contributed by atoms with E-state index in [9.17, 15) is 4.79 Å². The number of nitrogens with zero attached hydrogens (tertiary/aromatic N) is 1. The van der Waals surface area contributed by atoms with E-state index >= 15 is 0 Å². The Bertz CT molecular complexity index is 480. The van der Waals surface area contributed by atoms with Crippen molar-refractivity contribution in [1.82, 2.24) is 10.3 Å². The highest BCUT2D eigenvalue weighted by atomic mass is 32.2. The van der Waals surface area contributed by atoms with Gasteiger partial charge in [-0.05, 0) is 31.4 Å². The number of carbonyl (C=O) groups is 1. The van der Waals surface area contributed by atoms with Crippen molar-refractivity contribution in [3.63, 3.8) is 0 Å². The van der Waals surface area contributed by atoms with Crippen molar-refractivity contribution in [3.8, 4) is 11.8 Å². The zero-order valence-electron chi connectivity index (χ0n) is 11.1. The first-order valence-electron chi connectivity index (χ1n) is 6.02. The lowest BCUT2D eigenvalue weighted by molar-refractivity contribution is 0.0939. The summed E-state index contributed by atoms with van der Waals surface area (Å²) in [6.07, 6.45) is 6.06. The number of rotatable bonds is 5. The monoisotopic (exact) mass is 278 g/mol. The molecule has 4 nitrogen and oxygen atoms in total. The summed E-state index contributed by atoms with van der Waals surface area (Å²) in [7, 11) is 0. The van der Waals surface area contributed by atoms with Crippen LogP contribution in [-0.2, 0) is 0 Å². The van der Waals surface area contributed by atoms with Gasteiger partial charge in [0, 0.05) is 24.0 Å².